The summed E-state index contributed by atoms with van der Waals surface area (Å²) in [6, 6.07) is 0. The molecular weight excluding hydrogens is 192 g/mol. The van der Waals surface area contributed by atoms with Crippen LogP contribution < -0.4 is 0 Å². The Labute approximate surface area is 87.6 Å². The van der Waals surface area contributed by atoms with Crippen molar-refractivity contribution >= 4 is 16.3 Å². The Bertz CT molecular complexity index is 481. The van der Waals surface area contributed by atoms with E-state index in [2.05, 4.69) is 29.4 Å². The van der Waals surface area contributed by atoms with Crippen LogP contribution in [-0.4, -0.2) is 9.38 Å². The van der Waals surface area contributed by atoms with Gasteiger partial charge in [0.2, 0.25) is 0 Å². The van der Waals surface area contributed by atoms with Crippen LogP contribution in [0.5, 0.6) is 0 Å². The summed E-state index contributed by atoms with van der Waals surface area (Å²) in [6.45, 7) is 4.40. The zero-order chi connectivity index (χ0) is 9.71. The summed E-state index contributed by atoms with van der Waals surface area (Å²) in [7, 11) is 0. The molecule has 0 bridgehead atoms. The average molecular weight is 206 g/mol. The lowest BCUT2D eigenvalue weighted by Crippen LogP contribution is -2.05. The standard InChI is InChI=1S/C11H14N2S/c1-7-4-3-5-9-10(7)14-11-12-8(2)6-13(9)11/h6-7H,3-5H2,1-2H3. The fourth-order valence-corrected chi connectivity index (χ4v) is 3.64. The molecule has 3 rings (SSSR count). The first-order chi connectivity index (χ1) is 6.75. The fourth-order valence-electron chi connectivity index (χ4n) is 2.35. The molecule has 2 aromatic rings. The number of hydrogen-bond donors (Lipinski definition) is 0. The molecule has 0 N–H and O–H groups in total. The van der Waals surface area contributed by atoms with Gasteiger partial charge in [0.05, 0.1) is 5.69 Å². The second-order valence-corrected chi connectivity index (χ2v) is 5.25. The van der Waals surface area contributed by atoms with Crippen molar-refractivity contribution in [2.24, 2.45) is 0 Å². The van der Waals surface area contributed by atoms with E-state index in [1.165, 1.54) is 29.9 Å². The van der Waals surface area contributed by atoms with E-state index in [1.54, 1.807) is 4.88 Å². The fraction of sp³-hybridized carbons (Fsp3) is 0.545. The van der Waals surface area contributed by atoms with Gasteiger partial charge in [0.25, 0.3) is 0 Å². The van der Waals surface area contributed by atoms with Gasteiger partial charge >= 0.3 is 0 Å². The number of aryl methyl sites for hydroxylation is 2. The van der Waals surface area contributed by atoms with E-state index in [0.29, 0.717) is 0 Å². The molecule has 1 aliphatic rings. The topological polar surface area (TPSA) is 17.3 Å². The smallest absolute Gasteiger partial charge is 0.194 e. The SMILES string of the molecule is Cc1cn2c3c(sc2n1)C(C)CCC3. The molecule has 14 heavy (non-hydrogen) atoms. The lowest BCUT2D eigenvalue weighted by molar-refractivity contribution is 0.588. The molecule has 2 heterocycles. The molecule has 0 amide bonds. The number of rotatable bonds is 0. The summed E-state index contributed by atoms with van der Waals surface area (Å²) in [4.78, 5) is 7.28. The molecule has 0 saturated carbocycles. The van der Waals surface area contributed by atoms with E-state index in [-0.39, 0.29) is 0 Å². The summed E-state index contributed by atoms with van der Waals surface area (Å²) >= 11 is 1.88. The summed E-state index contributed by atoms with van der Waals surface area (Å²) in [5, 5.41) is 0. The van der Waals surface area contributed by atoms with Gasteiger partial charge in [-0.3, -0.25) is 4.40 Å². The molecule has 1 unspecified atom stereocenters. The van der Waals surface area contributed by atoms with Crippen molar-refractivity contribution in [3.8, 4) is 0 Å². The average Bonchev–Trinajstić information content (AvgIpc) is 2.63. The molecule has 74 valence electrons. The first-order valence-corrected chi connectivity index (χ1v) is 6.04. The molecule has 0 aromatic carbocycles. The second-order valence-electron chi connectivity index (χ2n) is 4.24. The first-order valence-electron chi connectivity index (χ1n) is 5.23. The van der Waals surface area contributed by atoms with E-state index in [4.69, 9.17) is 0 Å². The van der Waals surface area contributed by atoms with Crippen LogP contribution in [0.1, 0.15) is 41.9 Å². The number of aromatic nitrogens is 2. The molecule has 1 aliphatic carbocycles. The zero-order valence-corrected chi connectivity index (χ0v) is 9.40. The first kappa shape index (κ1) is 8.48. The molecule has 0 saturated heterocycles. The molecule has 0 aliphatic heterocycles. The van der Waals surface area contributed by atoms with Crippen molar-refractivity contribution < 1.29 is 0 Å². The Morgan fingerprint density at radius 1 is 1.57 bits per heavy atom. The summed E-state index contributed by atoms with van der Waals surface area (Å²) in [5.41, 5.74) is 2.65. The van der Waals surface area contributed by atoms with Crippen molar-refractivity contribution in [1.82, 2.24) is 9.38 Å². The van der Waals surface area contributed by atoms with E-state index in [9.17, 15) is 0 Å². The minimum Gasteiger partial charge on any atom is -0.294 e. The number of nitrogens with zero attached hydrogens (tertiary/aromatic N) is 2. The van der Waals surface area contributed by atoms with Crippen LogP contribution in [-0.2, 0) is 6.42 Å². The van der Waals surface area contributed by atoms with Gasteiger partial charge in [-0.15, -0.1) is 11.3 Å². The van der Waals surface area contributed by atoms with Crippen molar-refractivity contribution in [2.75, 3.05) is 0 Å². The molecule has 1 atom stereocenters. The molecule has 2 nitrogen and oxygen atoms in total. The normalized spacial score (nSPS) is 21.4. The van der Waals surface area contributed by atoms with Gasteiger partial charge in [-0.2, -0.15) is 0 Å². The highest BCUT2D eigenvalue weighted by molar-refractivity contribution is 7.17. The molecule has 2 aromatic heterocycles. The van der Waals surface area contributed by atoms with E-state index >= 15 is 0 Å². The predicted octanol–water partition coefficient (Wildman–Crippen LogP) is 3.14. The number of hydrogen-bond acceptors (Lipinski definition) is 2. The molecular formula is C11H14N2S. The van der Waals surface area contributed by atoms with Crippen molar-refractivity contribution in [3.05, 3.63) is 22.5 Å². The minimum absolute atomic E-state index is 0.741. The lowest BCUT2D eigenvalue weighted by atomic mass is 9.93. The van der Waals surface area contributed by atoms with Gasteiger partial charge in [0.15, 0.2) is 4.96 Å². The number of imidazole rings is 1. The summed E-state index contributed by atoms with van der Waals surface area (Å²) in [6.07, 6.45) is 6.07. The van der Waals surface area contributed by atoms with E-state index < -0.39 is 0 Å². The Morgan fingerprint density at radius 2 is 2.43 bits per heavy atom. The van der Waals surface area contributed by atoms with Crippen LogP contribution in [0.25, 0.3) is 4.96 Å². The molecule has 3 heteroatoms. The van der Waals surface area contributed by atoms with E-state index in [0.717, 1.165) is 11.6 Å². The highest BCUT2D eigenvalue weighted by atomic mass is 32.1. The van der Waals surface area contributed by atoms with Crippen molar-refractivity contribution in [1.29, 1.82) is 0 Å². The van der Waals surface area contributed by atoms with Gasteiger partial charge in [-0.25, -0.2) is 4.98 Å². The zero-order valence-electron chi connectivity index (χ0n) is 8.58. The van der Waals surface area contributed by atoms with Gasteiger partial charge in [-0.1, -0.05) is 6.92 Å². The summed E-state index contributed by atoms with van der Waals surface area (Å²) < 4.78 is 2.30. The maximum absolute atomic E-state index is 4.53. The highest BCUT2D eigenvalue weighted by Gasteiger charge is 2.22. The van der Waals surface area contributed by atoms with Crippen LogP contribution >= 0.6 is 11.3 Å². The predicted molar refractivity (Wildman–Crippen MR) is 59.2 cm³/mol. The largest absolute Gasteiger partial charge is 0.294 e. The third kappa shape index (κ3) is 1.05. The molecule has 0 spiro atoms. The van der Waals surface area contributed by atoms with Crippen LogP contribution in [0.15, 0.2) is 6.20 Å². The number of fused-ring (bicyclic) bond motifs is 3. The number of thiazole rings is 1. The lowest BCUT2D eigenvalue weighted by Gasteiger charge is -2.17. The Kier molecular flexibility index (Phi) is 1.71. The quantitative estimate of drug-likeness (QED) is 0.647. The van der Waals surface area contributed by atoms with E-state index in [1.807, 2.05) is 11.3 Å². The Morgan fingerprint density at radius 3 is 3.29 bits per heavy atom. The van der Waals surface area contributed by atoms with Crippen LogP contribution in [0, 0.1) is 6.92 Å². The van der Waals surface area contributed by atoms with Gasteiger partial charge < -0.3 is 0 Å². The van der Waals surface area contributed by atoms with Crippen molar-refractivity contribution in [2.45, 2.75) is 39.0 Å². The van der Waals surface area contributed by atoms with Gasteiger partial charge in [-0.05, 0) is 32.1 Å². The third-order valence-electron chi connectivity index (χ3n) is 3.07. The van der Waals surface area contributed by atoms with Crippen LogP contribution in [0.2, 0.25) is 0 Å². The summed E-state index contributed by atoms with van der Waals surface area (Å²) in [5.74, 6) is 0.741. The minimum atomic E-state index is 0.741. The highest BCUT2D eigenvalue weighted by Crippen LogP contribution is 2.37. The van der Waals surface area contributed by atoms with Crippen LogP contribution in [0.4, 0.5) is 0 Å². The maximum Gasteiger partial charge on any atom is 0.194 e. The van der Waals surface area contributed by atoms with Crippen LogP contribution in [0.3, 0.4) is 0 Å². The second kappa shape index (κ2) is 2.83. The van der Waals surface area contributed by atoms with Gasteiger partial charge in [0, 0.05) is 16.8 Å². The van der Waals surface area contributed by atoms with Crippen molar-refractivity contribution in [3.63, 3.8) is 0 Å². The molecule has 0 fully saturated rings. The monoisotopic (exact) mass is 206 g/mol. The van der Waals surface area contributed by atoms with Gasteiger partial charge in [0.1, 0.15) is 0 Å². The third-order valence-corrected chi connectivity index (χ3v) is 4.40. The Hall–Kier alpha value is -0.830. The molecule has 0 radical (unpaired) electrons. The Balaban J connectivity index is 2.29. The maximum atomic E-state index is 4.53.